The highest BCUT2D eigenvalue weighted by molar-refractivity contribution is 5.71. The van der Waals surface area contributed by atoms with Gasteiger partial charge in [-0.15, -0.1) is 0 Å². The highest BCUT2D eigenvalue weighted by Gasteiger charge is 2.20. The average Bonchev–Trinajstić information content (AvgIpc) is 2.87. The first kappa shape index (κ1) is 24.4. The Kier molecular flexibility index (Phi) is 8.68. The summed E-state index contributed by atoms with van der Waals surface area (Å²) in [6.45, 7) is 7.96. The number of rotatable bonds is 11. The van der Waals surface area contributed by atoms with Gasteiger partial charge in [0.25, 0.3) is 0 Å². The van der Waals surface area contributed by atoms with Crippen LogP contribution in [0.5, 0.6) is 11.5 Å². The summed E-state index contributed by atoms with van der Waals surface area (Å²) in [5.41, 5.74) is 7.84. The molecule has 1 aliphatic carbocycles. The normalized spacial score (nSPS) is 15.1. The van der Waals surface area contributed by atoms with Crippen molar-refractivity contribution in [1.82, 2.24) is 0 Å². The van der Waals surface area contributed by atoms with Crippen LogP contribution in [0.1, 0.15) is 87.0 Å². The number of fused-ring (bicyclic) bond motifs is 1. The molecule has 2 nitrogen and oxygen atoms in total. The molecular formula is C32H40O2. The zero-order chi connectivity index (χ0) is 23.8. The summed E-state index contributed by atoms with van der Waals surface area (Å²) in [5.74, 6) is 2.67. The van der Waals surface area contributed by atoms with Crippen LogP contribution in [0.25, 0.3) is 11.1 Å². The van der Waals surface area contributed by atoms with Gasteiger partial charge in [0.2, 0.25) is 0 Å². The van der Waals surface area contributed by atoms with Gasteiger partial charge in [0.15, 0.2) is 0 Å². The van der Waals surface area contributed by atoms with E-state index < -0.39 is 0 Å². The van der Waals surface area contributed by atoms with Crippen molar-refractivity contribution in [2.24, 2.45) is 0 Å². The SMILES string of the molecule is CCCCOc1ccc(C)cc1-c1ccc(COc2ccc3c(c2)C(CCCC)CCC3)cc1. The Bertz CT molecular complexity index is 1050. The van der Waals surface area contributed by atoms with Crippen LogP contribution in [-0.4, -0.2) is 6.61 Å². The molecular weight excluding hydrogens is 416 g/mol. The minimum Gasteiger partial charge on any atom is -0.493 e. The fraction of sp³-hybridized carbons (Fsp3) is 0.438. The maximum Gasteiger partial charge on any atom is 0.127 e. The van der Waals surface area contributed by atoms with E-state index >= 15 is 0 Å². The van der Waals surface area contributed by atoms with Crippen molar-refractivity contribution in [3.05, 3.63) is 82.9 Å². The first-order chi connectivity index (χ1) is 16.7. The molecule has 0 saturated carbocycles. The van der Waals surface area contributed by atoms with Crippen LogP contribution in [0.4, 0.5) is 0 Å². The third kappa shape index (κ3) is 6.23. The third-order valence-corrected chi connectivity index (χ3v) is 7.02. The van der Waals surface area contributed by atoms with Crippen LogP contribution < -0.4 is 9.47 Å². The molecule has 0 aliphatic heterocycles. The van der Waals surface area contributed by atoms with Crippen molar-refractivity contribution in [3.63, 3.8) is 0 Å². The van der Waals surface area contributed by atoms with Gasteiger partial charge < -0.3 is 9.47 Å². The van der Waals surface area contributed by atoms with Crippen molar-refractivity contribution in [1.29, 1.82) is 0 Å². The monoisotopic (exact) mass is 456 g/mol. The van der Waals surface area contributed by atoms with E-state index in [9.17, 15) is 0 Å². The third-order valence-electron chi connectivity index (χ3n) is 7.02. The Morgan fingerprint density at radius 3 is 2.47 bits per heavy atom. The summed E-state index contributed by atoms with van der Waals surface area (Å²) in [6, 6.07) is 21.9. The zero-order valence-electron chi connectivity index (χ0n) is 21.2. The Balaban J connectivity index is 1.43. The molecule has 0 spiro atoms. The average molecular weight is 457 g/mol. The summed E-state index contributed by atoms with van der Waals surface area (Å²) in [6.07, 6.45) is 9.95. The molecule has 0 fully saturated rings. The molecule has 0 bridgehead atoms. The Morgan fingerprint density at radius 1 is 0.853 bits per heavy atom. The lowest BCUT2D eigenvalue weighted by atomic mass is 9.80. The number of hydrogen-bond acceptors (Lipinski definition) is 2. The van der Waals surface area contributed by atoms with Crippen LogP contribution in [-0.2, 0) is 13.0 Å². The predicted octanol–water partition coefficient (Wildman–Crippen LogP) is 9.03. The summed E-state index contributed by atoms with van der Waals surface area (Å²) in [4.78, 5) is 0. The molecule has 3 aromatic rings. The Morgan fingerprint density at radius 2 is 1.68 bits per heavy atom. The molecule has 2 heteroatoms. The summed E-state index contributed by atoms with van der Waals surface area (Å²) < 4.78 is 12.3. The number of unbranched alkanes of at least 4 members (excludes halogenated alkanes) is 2. The number of ether oxygens (including phenoxy) is 2. The van der Waals surface area contributed by atoms with Crippen molar-refractivity contribution in [3.8, 4) is 22.6 Å². The molecule has 180 valence electrons. The van der Waals surface area contributed by atoms with Gasteiger partial charge in [0.1, 0.15) is 18.1 Å². The van der Waals surface area contributed by atoms with Gasteiger partial charge in [-0.2, -0.15) is 0 Å². The van der Waals surface area contributed by atoms with Gasteiger partial charge in [-0.1, -0.05) is 75.1 Å². The van der Waals surface area contributed by atoms with Gasteiger partial charge in [-0.05, 0) is 91.5 Å². The van der Waals surface area contributed by atoms with Crippen molar-refractivity contribution in [2.45, 2.75) is 84.7 Å². The highest BCUT2D eigenvalue weighted by Crippen LogP contribution is 2.37. The fourth-order valence-corrected chi connectivity index (χ4v) is 4.98. The van der Waals surface area contributed by atoms with Crippen LogP contribution in [0.2, 0.25) is 0 Å². The fourth-order valence-electron chi connectivity index (χ4n) is 4.98. The molecule has 1 atom stereocenters. The van der Waals surface area contributed by atoms with Gasteiger partial charge in [-0.25, -0.2) is 0 Å². The van der Waals surface area contributed by atoms with Gasteiger partial charge >= 0.3 is 0 Å². The van der Waals surface area contributed by atoms with Crippen LogP contribution in [0.3, 0.4) is 0 Å². The lowest BCUT2D eigenvalue weighted by molar-refractivity contribution is 0.305. The Labute approximate surface area is 206 Å². The molecule has 4 rings (SSSR count). The van der Waals surface area contributed by atoms with Crippen molar-refractivity contribution >= 4 is 0 Å². The maximum atomic E-state index is 6.24. The molecule has 0 aromatic heterocycles. The smallest absolute Gasteiger partial charge is 0.127 e. The minimum atomic E-state index is 0.590. The zero-order valence-corrected chi connectivity index (χ0v) is 21.2. The molecule has 1 unspecified atom stereocenters. The second-order valence-corrected chi connectivity index (χ2v) is 9.78. The van der Waals surface area contributed by atoms with Gasteiger partial charge in [0.05, 0.1) is 6.61 Å². The molecule has 0 N–H and O–H groups in total. The van der Waals surface area contributed by atoms with Gasteiger partial charge in [-0.3, -0.25) is 0 Å². The van der Waals surface area contributed by atoms with E-state index in [4.69, 9.17) is 9.47 Å². The Hall–Kier alpha value is -2.74. The summed E-state index contributed by atoms with van der Waals surface area (Å²) in [7, 11) is 0. The van der Waals surface area contributed by atoms with Crippen LogP contribution in [0.15, 0.2) is 60.7 Å². The largest absolute Gasteiger partial charge is 0.493 e. The maximum absolute atomic E-state index is 6.24. The molecule has 34 heavy (non-hydrogen) atoms. The van der Waals surface area contributed by atoms with Crippen LogP contribution >= 0.6 is 0 Å². The lowest BCUT2D eigenvalue weighted by Gasteiger charge is -2.26. The molecule has 0 saturated heterocycles. The quantitative estimate of drug-likeness (QED) is 0.268. The molecule has 1 aliphatic rings. The van der Waals surface area contributed by atoms with Crippen molar-refractivity contribution in [2.75, 3.05) is 6.61 Å². The van der Waals surface area contributed by atoms with E-state index in [1.807, 2.05) is 0 Å². The van der Waals surface area contributed by atoms with E-state index in [-0.39, 0.29) is 0 Å². The summed E-state index contributed by atoms with van der Waals surface area (Å²) in [5, 5.41) is 0. The van der Waals surface area contributed by atoms with E-state index in [1.54, 1.807) is 0 Å². The van der Waals surface area contributed by atoms with Gasteiger partial charge in [0, 0.05) is 5.56 Å². The summed E-state index contributed by atoms with van der Waals surface area (Å²) >= 11 is 0. The molecule has 0 amide bonds. The minimum absolute atomic E-state index is 0.590. The highest BCUT2D eigenvalue weighted by atomic mass is 16.5. The van der Waals surface area contributed by atoms with Crippen molar-refractivity contribution < 1.29 is 9.47 Å². The van der Waals surface area contributed by atoms with Crippen LogP contribution in [0, 0.1) is 6.92 Å². The first-order valence-corrected chi connectivity index (χ1v) is 13.3. The number of aryl methyl sites for hydroxylation is 2. The van der Waals surface area contributed by atoms with E-state index in [2.05, 4.69) is 81.4 Å². The predicted molar refractivity (Wildman–Crippen MR) is 143 cm³/mol. The van der Waals surface area contributed by atoms with E-state index in [0.29, 0.717) is 12.5 Å². The standard InChI is InChI=1S/C32H40O2/c1-4-6-9-26-10-8-11-27-17-18-29(22-30(26)27)34-23-25-13-15-28(16-14-25)31-21-24(3)12-19-32(31)33-20-7-5-2/h12-19,21-22,26H,4-11,20,23H2,1-3H3. The second kappa shape index (κ2) is 12.1. The van der Waals surface area contributed by atoms with E-state index in [0.717, 1.165) is 36.5 Å². The second-order valence-electron chi connectivity index (χ2n) is 9.78. The van der Waals surface area contributed by atoms with E-state index in [1.165, 1.54) is 66.3 Å². The number of hydrogen-bond donors (Lipinski definition) is 0. The molecule has 0 heterocycles. The number of benzene rings is 3. The first-order valence-electron chi connectivity index (χ1n) is 13.3. The molecule has 3 aromatic carbocycles. The molecule has 0 radical (unpaired) electrons. The lowest BCUT2D eigenvalue weighted by Crippen LogP contribution is -2.10. The topological polar surface area (TPSA) is 18.5 Å².